The highest BCUT2D eigenvalue weighted by atomic mass is 15.3. The zero-order valence-corrected chi connectivity index (χ0v) is 8.75. The van der Waals surface area contributed by atoms with Crippen molar-refractivity contribution in [2.45, 2.75) is 33.2 Å². The first-order chi connectivity index (χ1) is 6.36. The fraction of sp³-hybridized carbons (Fsp3) is 0.700. The van der Waals surface area contributed by atoms with E-state index < -0.39 is 0 Å². The molecule has 1 fully saturated rings. The first kappa shape index (κ1) is 10.3. The monoisotopic (exact) mass is 181 g/mol. The maximum absolute atomic E-state index is 4.27. The molecule has 2 heterocycles. The SMILES string of the molecule is CC.Cc1cnn(C2CCNC2)c1. The minimum absolute atomic E-state index is 0.587. The summed E-state index contributed by atoms with van der Waals surface area (Å²) in [5.41, 5.74) is 1.25. The third-order valence-corrected chi connectivity index (χ3v) is 2.14. The zero-order chi connectivity index (χ0) is 9.68. The number of nitrogens with zero attached hydrogens (tertiary/aromatic N) is 2. The van der Waals surface area contributed by atoms with Crippen LogP contribution in [0.3, 0.4) is 0 Å². The van der Waals surface area contributed by atoms with E-state index in [-0.39, 0.29) is 0 Å². The van der Waals surface area contributed by atoms with Gasteiger partial charge in [0.05, 0.1) is 12.2 Å². The van der Waals surface area contributed by atoms with Gasteiger partial charge in [-0.15, -0.1) is 0 Å². The van der Waals surface area contributed by atoms with Crippen molar-refractivity contribution < 1.29 is 0 Å². The molecule has 0 saturated carbocycles. The topological polar surface area (TPSA) is 29.9 Å². The molecule has 0 aliphatic carbocycles. The Balaban J connectivity index is 0.000000396. The van der Waals surface area contributed by atoms with Crippen LogP contribution in [0.1, 0.15) is 31.9 Å². The van der Waals surface area contributed by atoms with Gasteiger partial charge in [-0.25, -0.2) is 0 Å². The molecular formula is C10H19N3. The molecule has 0 amide bonds. The lowest BCUT2D eigenvalue weighted by Crippen LogP contribution is -2.13. The molecule has 1 atom stereocenters. The molecule has 1 aromatic heterocycles. The minimum atomic E-state index is 0.587. The Labute approximate surface area is 80.1 Å². The maximum atomic E-state index is 4.27. The summed E-state index contributed by atoms with van der Waals surface area (Å²) in [6.45, 7) is 8.27. The van der Waals surface area contributed by atoms with Gasteiger partial charge >= 0.3 is 0 Å². The van der Waals surface area contributed by atoms with Crippen LogP contribution in [0.2, 0.25) is 0 Å². The lowest BCUT2D eigenvalue weighted by atomic mass is 10.3. The van der Waals surface area contributed by atoms with E-state index in [0.29, 0.717) is 6.04 Å². The molecule has 13 heavy (non-hydrogen) atoms. The van der Waals surface area contributed by atoms with E-state index in [9.17, 15) is 0 Å². The summed E-state index contributed by atoms with van der Waals surface area (Å²) in [7, 11) is 0. The van der Waals surface area contributed by atoms with Crippen LogP contribution in [0.15, 0.2) is 12.4 Å². The zero-order valence-electron chi connectivity index (χ0n) is 8.75. The third kappa shape index (κ3) is 2.56. The number of hydrogen-bond donors (Lipinski definition) is 1. The molecule has 1 aromatic rings. The standard InChI is InChI=1S/C8H13N3.C2H6/c1-7-4-10-11(6-7)8-2-3-9-5-8;1-2/h4,6,8-9H,2-3,5H2,1H3;1-2H3. The number of rotatable bonds is 1. The van der Waals surface area contributed by atoms with E-state index in [2.05, 4.69) is 28.2 Å². The second-order valence-corrected chi connectivity index (χ2v) is 3.14. The second kappa shape index (κ2) is 5.02. The predicted octanol–water partition coefficient (Wildman–Crippen LogP) is 1.75. The lowest BCUT2D eigenvalue weighted by molar-refractivity contribution is 0.490. The minimum Gasteiger partial charge on any atom is -0.315 e. The van der Waals surface area contributed by atoms with E-state index in [1.165, 1.54) is 12.0 Å². The Morgan fingerprint density at radius 2 is 2.31 bits per heavy atom. The molecule has 0 aromatic carbocycles. The molecule has 0 bridgehead atoms. The molecule has 3 nitrogen and oxygen atoms in total. The fourth-order valence-corrected chi connectivity index (χ4v) is 1.50. The Morgan fingerprint density at radius 1 is 1.54 bits per heavy atom. The molecule has 74 valence electrons. The number of hydrogen-bond acceptors (Lipinski definition) is 2. The molecule has 1 saturated heterocycles. The number of aryl methyl sites for hydroxylation is 1. The first-order valence-electron chi connectivity index (χ1n) is 5.08. The first-order valence-corrected chi connectivity index (χ1v) is 5.08. The van der Waals surface area contributed by atoms with Gasteiger partial charge < -0.3 is 5.32 Å². The van der Waals surface area contributed by atoms with Crippen molar-refractivity contribution in [1.29, 1.82) is 0 Å². The summed E-state index contributed by atoms with van der Waals surface area (Å²) in [6.07, 6.45) is 5.23. The Kier molecular flexibility index (Phi) is 3.96. The highest BCUT2D eigenvalue weighted by molar-refractivity contribution is 5.01. The van der Waals surface area contributed by atoms with Crippen molar-refractivity contribution in [3.05, 3.63) is 18.0 Å². The van der Waals surface area contributed by atoms with Crippen molar-refractivity contribution in [2.75, 3.05) is 13.1 Å². The summed E-state index contributed by atoms with van der Waals surface area (Å²) < 4.78 is 2.06. The molecule has 3 heteroatoms. The Hall–Kier alpha value is -0.830. The molecular weight excluding hydrogens is 162 g/mol. The van der Waals surface area contributed by atoms with Crippen LogP contribution in [0.4, 0.5) is 0 Å². The maximum Gasteiger partial charge on any atom is 0.0655 e. The molecule has 0 spiro atoms. The van der Waals surface area contributed by atoms with E-state index in [4.69, 9.17) is 0 Å². The Bertz CT molecular complexity index is 236. The van der Waals surface area contributed by atoms with Crippen LogP contribution in [0.25, 0.3) is 0 Å². The van der Waals surface area contributed by atoms with Crippen LogP contribution in [-0.4, -0.2) is 22.9 Å². The van der Waals surface area contributed by atoms with Gasteiger partial charge in [0.2, 0.25) is 0 Å². The number of nitrogens with one attached hydrogen (secondary N) is 1. The van der Waals surface area contributed by atoms with E-state index in [1.54, 1.807) is 0 Å². The number of aromatic nitrogens is 2. The highest BCUT2D eigenvalue weighted by Crippen LogP contribution is 2.13. The van der Waals surface area contributed by atoms with Gasteiger partial charge in [0.25, 0.3) is 0 Å². The average Bonchev–Trinajstić information content (AvgIpc) is 2.77. The van der Waals surface area contributed by atoms with Crippen LogP contribution < -0.4 is 5.32 Å². The van der Waals surface area contributed by atoms with Crippen LogP contribution >= 0.6 is 0 Å². The molecule has 2 rings (SSSR count). The van der Waals surface area contributed by atoms with E-state index >= 15 is 0 Å². The van der Waals surface area contributed by atoms with Gasteiger partial charge in [0, 0.05) is 12.7 Å². The summed E-state index contributed by atoms with van der Waals surface area (Å²) in [5.74, 6) is 0. The smallest absolute Gasteiger partial charge is 0.0655 e. The highest BCUT2D eigenvalue weighted by Gasteiger charge is 2.15. The molecule has 1 aliphatic heterocycles. The van der Waals surface area contributed by atoms with Crippen LogP contribution in [0, 0.1) is 6.92 Å². The summed E-state index contributed by atoms with van der Waals surface area (Å²) in [6, 6.07) is 0.587. The van der Waals surface area contributed by atoms with Crippen molar-refractivity contribution >= 4 is 0 Å². The largest absolute Gasteiger partial charge is 0.315 e. The van der Waals surface area contributed by atoms with Crippen molar-refractivity contribution in [2.24, 2.45) is 0 Å². The quantitative estimate of drug-likeness (QED) is 0.715. The van der Waals surface area contributed by atoms with Crippen LogP contribution in [-0.2, 0) is 0 Å². The molecule has 1 aliphatic rings. The third-order valence-electron chi connectivity index (χ3n) is 2.14. The summed E-state index contributed by atoms with van der Waals surface area (Å²) >= 11 is 0. The Morgan fingerprint density at radius 3 is 2.77 bits per heavy atom. The summed E-state index contributed by atoms with van der Waals surface area (Å²) in [4.78, 5) is 0. The predicted molar refractivity (Wildman–Crippen MR) is 54.8 cm³/mol. The summed E-state index contributed by atoms with van der Waals surface area (Å²) in [5, 5.41) is 7.59. The molecule has 1 N–H and O–H groups in total. The molecule has 0 radical (unpaired) electrons. The van der Waals surface area contributed by atoms with Gasteiger partial charge in [-0.3, -0.25) is 4.68 Å². The van der Waals surface area contributed by atoms with Crippen LogP contribution in [0.5, 0.6) is 0 Å². The van der Waals surface area contributed by atoms with Gasteiger partial charge in [0.15, 0.2) is 0 Å². The van der Waals surface area contributed by atoms with Crippen molar-refractivity contribution in [3.8, 4) is 0 Å². The van der Waals surface area contributed by atoms with Gasteiger partial charge in [0.1, 0.15) is 0 Å². The van der Waals surface area contributed by atoms with Gasteiger partial charge in [-0.05, 0) is 25.5 Å². The second-order valence-electron chi connectivity index (χ2n) is 3.14. The van der Waals surface area contributed by atoms with Gasteiger partial charge in [-0.2, -0.15) is 5.10 Å². The van der Waals surface area contributed by atoms with E-state index in [0.717, 1.165) is 13.1 Å². The average molecular weight is 181 g/mol. The normalized spacial score (nSPS) is 21.0. The van der Waals surface area contributed by atoms with E-state index in [1.807, 2.05) is 20.0 Å². The lowest BCUT2D eigenvalue weighted by Gasteiger charge is -2.07. The fourth-order valence-electron chi connectivity index (χ4n) is 1.50. The molecule has 1 unspecified atom stereocenters. The van der Waals surface area contributed by atoms with Crippen molar-refractivity contribution in [3.63, 3.8) is 0 Å². The van der Waals surface area contributed by atoms with Crippen molar-refractivity contribution in [1.82, 2.24) is 15.1 Å². The van der Waals surface area contributed by atoms with Gasteiger partial charge in [-0.1, -0.05) is 13.8 Å².